The van der Waals surface area contributed by atoms with Crippen molar-refractivity contribution in [3.63, 3.8) is 0 Å². The highest BCUT2D eigenvalue weighted by Gasteiger charge is 2.06. The van der Waals surface area contributed by atoms with Gasteiger partial charge in [0.25, 0.3) is 0 Å². The van der Waals surface area contributed by atoms with Crippen LogP contribution in [0.1, 0.15) is 35.1 Å². The van der Waals surface area contributed by atoms with E-state index >= 15 is 0 Å². The first-order valence-corrected chi connectivity index (χ1v) is 13.3. The SMILES string of the molecule is N#C/C(=C\c1ccc(OCCCN=C(N)N)cc1)c1ccc(/C(C#N)=C\c2ccc(OCCCN=C(N)N)cc2)cc1. The molecule has 0 bridgehead atoms. The minimum Gasteiger partial charge on any atom is -0.494 e. The molecule has 42 heavy (non-hydrogen) atoms. The van der Waals surface area contributed by atoms with E-state index in [1.165, 1.54) is 0 Å². The standard InChI is InChI=1S/C32H34N8O2/c33-21-27(19-23-3-11-29(12-4-23)41-17-1-15-39-31(35)36)25-7-9-26(10-8-25)28(22-34)20-24-5-13-30(14-6-24)42-18-2-16-40-32(37)38/h3-14,19-20H,1-2,15-18H2,(H4,35,36,39)(H4,37,38,40)/b27-19-,28-20+. The van der Waals surface area contributed by atoms with Gasteiger partial charge in [-0.25, -0.2) is 0 Å². The zero-order chi connectivity index (χ0) is 30.2. The third-order valence-electron chi connectivity index (χ3n) is 5.86. The number of benzene rings is 3. The van der Waals surface area contributed by atoms with E-state index < -0.39 is 0 Å². The van der Waals surface area contributed by atoms with E-state index in [9.17, 15) is 10.5 Å². The molecule has 10 nitrogen and oxygen atoms in total. The normalized spacial score (nSPS) is 11.1. The fourth-order valence-corrected chi connectivity index (χ4v) is 3.77. The molecule has 0 unspecified atom stereocenters. The summed E-state index contributed by atoms with van der Waals surface area (Å²) >= 11 is 0. The molecule has 10 heteroatoms. The van der Waals surface area contributed by atoms with Gasteiger partial charge in [0.15, 0.2) is 11.9 Å². The molecule has 8 N–H and O–H groups in total. The van der Waals surface area contributed by atoms with Crippen molar-refractivity contribution in [1.29, 1.82) is 10.5 Å². The summed E-state index contributed by atoms with van der Waals surface area (Å²) in [5.41, 5.74) is 25.5. The molecule has 0 saturated heterocycles. The van der Waals surface area contributed by atoms with Crippen LogP contribution < -0.4 is 32.4 Å². The second kappa shape index (κ2) is 16.4. The number of rotatable bonds is 14. The number of ether oxygens (including phenoxy) is 2. The summed E-state index contributed by atoms with van der Waals surface area (Å²) in [6.45, 7) is 1.99. The van der Waals surface area contributed by atoms with Crippen LogP contribution in [0.15, 0.2) is 82.8 Å². The van der Waals surface area contributed by atoms with Crippen LogP contribution >= 0.6 is 0 Å². The molecule has 0 amide bonds. The van der Waals surface area contributed by atoms with Gasteiger partial charge in [-0.3, -0.25) is 9.98 Å². The first-order valence-electron chi connectivity index (χ1n) is 13.3. The zero-order valence-corrected chi connectivity index (χ0v) is 23.2. The topological polar surface area (TPSA) is 195 Å². The Labute approximate surface area is 245 Å². The molecule has 3 rings (SSSR count). The number of nitrogens with zero attached hydrogens (tertiary/aromatic N) is 4. The lowest BCUT2D eigenvalue weighted by molar-refractivity contribution is 0.313. The Hall–Kier alpha value is -5.74. The zero-order valence-electron chi connectivity index (χ0n) is 23.2. The maximum atomic E-state index is 9.78. The van der Waals surface area contributed by atoms with Gasteiger partial charge in [0.1, 0.15) is 11.5 Å². The first kappa shape index (κ1) is 30.8. The average molecular weight is 563 g/mol. The van der Waals surface area contributed by atoms with Gasteiger partial charge in [0, 0.05) is 25.9 Å². The van der Waals surface area contributed by atoms with Crippen LogP contribution in [0.3, 0.4) is 0 Å². The summed E-state index contributed by atoms with van der Waals surface area (Å²) in [5.74, 6) is 1.57. The van der Waals surface area contributed by atoms with Crippen LogP contribution in [0.25, 0.3) is 23.3 Å². The molecular weight excluding hydrogens is 528 g/mol. The molecule has 0 saturated carbocycles. The molecule has 0 fully saturated rings. The molecule has 0 aliphatic carbocycles. The van der Waals surface area contributed by atoms with E-state index in [0.717, 1.165) is 33.8 Å². The van der Waals surface area contributed by atoms with E-state index in [-0.39, 0.29) is 11.9 Å². The average Bonchev–Trinajstić information content (AvgIpc) is 2.99. The Balaban J connectivity index is 1.61. The highest BCUT2D eigenvalue weighted by atomic mass is 16.5. The Morgan fingerprint density at radius 3 is 1.26 bits per heavy atom. The summed E-state index contributed by atoms with van der Waals surface area (Å²) in [5, 5.41) is 19.6. The van der Waals surface area contributed by atoms with Gasteiger partial charge in [-0.1, -0.05) is 48.5 Å². The van der Waals surface area contributed by atoms with Gasteiger partial charge >= 0.3 is 0 Å². The van der Waals surface area contributed by atoms with Gasteiger partial charge < -0.3 is 32.4 Å². The van der Waals surface area contributed by atoms with Gasteiger partial charge in [-0.05, 0) is 58.7 Å². The number of hydrogen-bond donors (Lipinski definition) is 4. The Morgan fingerprint density at radius 1 is 0.595 bits per heavy atom. The lowest BCUT2D eigenvalue weighted by Gasteiger charge is -2.07. The largest absolute Gasteiger partial charge is 0.494 e. The fraction of sp³-hybridized carbons (Fsp3) is 0.188. The predicted octanol–water partition coefficient (Wildman–Crippen LogP) is 3.90. The third kappa shape index (κ3) is 10.4. The highest BCUT2D eigenvalue weighted by Crippen LogP contribution is 2.24. The van der Waals surface area contributed by atoms with Crippen molar-refractivity contribution >= 4 is 35.2 Å². The van der Waals surface area contributed by atoms with E-state index in [1.807, 2.05) is 84.9 Å². The summed E-state index contributed by atoms with van der Waals surface area (Å²) in [7, 11) is 0. The van der Waals surface area contributed by atoms with Gasteiger partial charge in [0.05, 0.1) is 36.5 Å². The minimum absolute atomic E-state index is 0.0677. The van der Waals surface area contributed by atoms with Crippen LogP contribution in [0, 0.1) is 22.7 Å². The second-order valence-electron chi connectivity index (χ2n) is 9.07. The summed E-state index contributed by atoms with van der Waals surface area (Å²) in [4.78, 5) is 7.84. The number of guanidine groups is 2. The van der Waals surface area contributed by atoms with Crippen LogP contribution in [-0.4, -0.2) is 38.2 Å². The maximum absolute atomic E-state index is 9.78. The lowest BCUT2D eigenvalue weighted by Crippen LogP contribution is -2.23. The van der Waals surface area contributed by atoms with Crippen molar-refractivity contribution in [3.05, 3.63) is 95.1 Å². The van der Waals surface area contributed by atoms with Crippen LogP contribution in [0.4, 0.5) is 0 Å². The molecule has 0 spiro atoms. The van der Waals surface area contributed by atoms with Crippen molar-refractivity contribution in [3.8, 4) is 23.6 Å². The minimum atomic E-state index is 0.0677. The Bertz CT molecular complexity index is 1380. The van der Waals surface area contributed by atoms with Gasteiger partial charge in [0.2, 0.25) is 0 Å². The summed E-state index contributed by atoms with van der Waals surface area (Å²) < 4.78 is 11.4. The number of nitriles is 2. The summed E-state index contributed by atoms with van der Waals surface area (Å²) in [6, 6.07) is 26.8. The smallest absolute Gasteiger partial charge is 0.185 e. The molecule has 0 aliphatic rings. The maximum Gasteiger partial charge on any atom is 0.185 e. The molecule has 0 aliphatic heterocycles. The number of hydrogen-bond acceptors (Lipinski definition) is 6. The molecule has 0 aromatic heterocycles. The Morgan fingerprint density at radius 2 is 0.952 bits per heavy atom. The number of nitrogens with two attached hydrogens (primary N) is 4. The number of allylic oxidation sites excluding steroid dienone is 2. The molecule has 0 heterocycles. The van der Waals surface area contributed by atoms with Crippen LogP contribution in [-0.2, 0) is 0 Å². The summed E-state index contributed by atoms with van der Waals surface area (Å²) in [6.07, 6.45) is 5.01. The molecule has 214 valence electrons. The lowest BCUT2D eigenvalue weighted by atomic mass is 9.99. The predicted molar refractivity (Wildman–Crippen MR) is 168 cm³/mol. The monoisotopic (exact) mass is 562 g/mol. The second-order valence-corrected chi connectivity index (χ2v) is 9.07. The quantitative estimate of drug-likeness (QED) is 0.0746. The van der Waals surface area contributed by atoms with E-state index in [2.05, 4.69) is 22.1 Å². The van der Waals surface area contributed by atoms with E-state index in [0.29, 0.717) is 50.3 Å². The van der Waals surface area contributed by atoms with E-state index in [1.54, 1.807) is 0 Å². The molecule has 3 aromatic carbocycles. The van der Waals surface area contributed by atoms with Gasteiger partial charge in [-0.15, -0.1) is 0 Å². The first-order chi connectivity index (χ1) is 20.4. The van der Waals surface area contributed by atoms with Crippen LogP contribution in [0.5, 0.6) is 11.5 Å². The van der Waals surface area contributed by atoms with E-state index in [4.69, 9.17) is 32.4 Å². The Kier molecular flexibility index (Phi) is 12.0. The van der Waals surface area contributed by atoms with Gasteiger partial charge in [-0.2, -0.15) is 10.5 Å². The van der Waals surface area contributed by atoms with Crippen LogP contribution in [0.2, 0.25) is 0 Å². The van der Waals surface area contributed by atoms with Crippen molar-refractivity contribution in [2.75, 3.05) is 26.3 Å². The van der Waals surface area contributed by atoms with Crippen molar-refractivity contribution in [1.82, 2.24) is 0 Å². The molecular formula is C32H34N8O2. The van der Waals surface area contributed by atoms with Crippen molar-refractivity contribution < 1.29 is 9.47 Å². The third-order valence-corrected chi connectivity index (χ3v) is 5.86. The van der Waals surface area contributed by atoms with Crippen molar-refractivity contribution in [2.45, 2.75) is 12.8 Å². The van der Waals surface area contributed by atoms with Crippen molar-refractivity contribution in [2.24, 2.45) is 32.9 Å². The number of aliphatic imine (C=N–C) groups is 2. The molecule has 0 atom stereocenters. The highest BCUT2D eigenvalue weighted by molar-refractivity contribution is 5.92. The fourth-order valence-electron chi connectivity index (χ4n) is 3.77. The molecule has 0 radical (unpaired) electrons. The molecule has 3 aromatic rings.